The normalized spacial score (nSPS) is 16.9. The fourth-order valence-electron chi connectivity index (χ4n) is 4.53. The molecule has 5 rings (SSSR count). The summed E-state index contributed by atoms with van der Waals surface area (Å²) in [7, 11) is 1.87. The molecule has 2 aromatic heterocycles. The summed E-state index contributed by atoms with van der Waals surface area (Å²) in [4.78, 5) is 29.5. The van der Waals surface area contributed by atoms with Crippen molar-refractivity contribution in [2.75, 3.05) is 32.7 Å². The highest BCUT2D eigenvalue weighted by Crippen LogP contribution is 2.20. The van der Waals surface area contributed by atoms with E-state index in [2.05, 4.69) is 15.1 Å². The van der Waals surface area contributed by atoms with Crippen LogP contribution in [0.15, 0.2) is 35.1 Å². The number of hydrogen-bond donors (Lipinski definition) is 0. The molecule has 30 heavy (non-hydrogen) atoms. The molecule has 0 unspecified atom stereocenters. The van der Waals surface area contributed by atoms with Crippen LogP contribution in [0.3, 0.4) is 0 Å². The number of aromatic nitrogens is 4. The van der Waals surface area contributed by atoms with E-state index in [1.807, 2.05) is 36.2 Å². The van der Waals surface area contributed by atoms with Crippen LogP contribution in [0.5, 0.6) is 0 Å². The van der Waals surface area contributed by atoms with E-state index in [1.54, 1.807) is 15.4 Å². The number of fused-ring (bicyclic) bond motifs is 2. The van der Waals surface area contributed by atoms with Crippen LogP contribution in [0.1, 0.15) is 28.2 Å². The number of amides is 1. The van der Waals surface area contributed by atoms with Gasteiger partial charge >= 0.3 is 0 Å². The van der Waals surface area contributed by atoms with Gasteiger partial charge in [0.25, 0.3) is 11.5 Å². The zero-order valence-electron chi connectivity index (χ0n) is 17.3. The summed E-state index contributed by atoms with van der Waals surface area (Å²) in [6.07, 6.45) is 3.03. The van der Waals surface area contributed by atoms with Crippen LogP contribution in [0, 0.1) is 0 Å². The van der Waals surface area contributed by atoms with Crippen LogP contribution in [-0.4, -0.2) is 68.0 Å². The topological polar surface area (TPSA) is 76.3 Å². The molecule has 0 bridgehead atoms. The van der Waals surface area contributed by atoms with Crippen LogP contribution < -0.4 is 5.56 Å². The number of para-hydroxylation sites is 1. The molecule has 1 saturated heterocycles. The Hall–Kier alpha value is -3.00. The van der Waals surface area contributed by atoms with E-state index in [4.69, 9.17) is 0 Å². The molecule has 2 aliphatic rings. The molecule has 3 heterocycles. The van der Waals surface area contributed by atoms with Gasteiger partial charge in [-0.15, -0.1) is 0 Å². The summed E-state index contributed by atoms with van der Waals surface area (Å²) >= 11 is 0. The fourth-order valence-corrected chi connectivity index (χ4v) is 4.53. The lowest BCUT2D eigenvalue weighted by atomic mass is 10.2. The average molecular weight is 406 g/mol. The molecule has 1 aliphatic heterocycles. The van der Waals surface area contributed by atoms with Crippen LogP contribution in [0.4, 0.5) is 0 Å². The van der Waals surface area contributed by atoms with Gasteiger partial charge in [-0.1, -0.05) is 18.2 Å². The summed E-state index contributed by atoms with van der Waals surface area (Å²) in [5, 5.41) is 9.91. The van der Waals surface area contributed by atoms with E-state index >= 15 is 0 Å². The number of rotatable bonds is 4. The molecule has 0 spiro atoms. The molecule has 1 amide bonds. The summed E-state index contributed by atoms with van der Waals surface area (Å²) < 4.78 is 3.36. The highest BCUT2D eigenvalue weighted by Gasteiger charge is 2.26. The van der Waals surface area contributed by atoms with Crippen molar-refractivity contribution in [3.05, 3.63) is 57.6 Å². The second-order valence-corrected chi connectivity index (χ2v) is 8.15. The SMILES string of the molecule is Cn1nc(C(=O)N2CCN(CCn3nc4c(cc3=O)CCC4)CC2)c2ccccc21. The van der Waals surface area contributed by atoms with Gasteiger partial charge in [-0.2, -0.15) is 10.2 Å². The molecule has 3 aromatic rings. The number of nitrogens with zero attached hydrogens (tertiary/aromatic N) is 6. The lowest BCUT2D eigenvalue weighted by molar-refractivity contribution is 0.0626. The Morgan fingerprint density at radius 2 is 1.83 bits per heavy atom. The Balaban J connectivity index is 1.20. The Kier molecular flexibility index (Phi) is 4.86. The minimum atomic E-state index is -0.0111. The molecular weight excluding hydrogens is 380 g/mol. The third kappa shape index (κ3) is 3.41. The number of hydrogen-bond acceptors (Lipinski definition) is 5. The van der Waals surface area contributed by atoms with Gasteiger partial charge in [-0.3, -0.25) is 19.2 Å². The van der Waals surface area contributed by atoms with Crippen molar-refractivity contribution in [2.45, 2.75) is 25.8 Å². The number of piperazine rings is 1. The first-order valence-corrected chi connectivity index (χ1v) is 10.6. The van der Waals surface area contributed by atoms with Crippen LogP contribution >= 0.6 is 0 Å². The monoisotopic (exact) mass is 406 g/mol. The van der Waals surface area contributed by atoms with Crippen molar-refractivity contribution in [1.29, 1.82) is 0 Å². The predicted molar refractivity (Wildman–Crippen MR) is 114 cm³/mol. The molecule has 8 heteroatoms. The van der Waals surface area contributed by atoms with Gasteiger partial charge in [0.2, 0.25) is 0 Å². The Bertz CT molecular complexity index is 1160. The van der Waals surface area contributed by atoms with Crippen molar-refractivity contribution in [1.82, 2.24) is 29.4 Å². The van der Waals surface area contributed by atoms with Gasteiger partial charge in [-0.05, 0) is 30.9 Å². The Morgan fingerprint density at radius 3 is 2.67 bits per heavy atom. The molecule has 156 valence electrons. The second kappa shape index (κ2) is 7.68. The van der Waals surface area contributed by atoms with Crippen LogP contribution in [0.2, 0.25) is 0 Å². The molecule has 1 fully saturated rings. The Morgan fingerprint density at radius 1 is 1.03 bits per heavy atom. The largest absolute Gasteiger partial charge is 0.335 e. The van der Waals surface area contributed by atoms with Crippen molar-refractivity contribution in [2.24, 2.45) is 7.05 Å². The molecule has 0 N–H and O–H groups in total. The van der Waals surface area contributed by atoms with E-state index in [0.717, 1.165) is 61.1 Å². The number of benzene rings is 1. The smallest absolute Gasteiger partial charge is 0.275 e. The maximum atomic E-state index is 13.0. The zero-order chi connectivity index (χ0) is 20.7. The predicted octanol–water partition coefficient (Wildman–Crippen LogP) is 1.08. The summed E-state index contributed by atoms with van der Waals surface area (Å²) in [6, 6.07) is 9.58. The standard InChI is InChI=1S/C22H26N6O2/c1-25-19-8-3-2-6-17(19)21(24-25)22(30)27-12-9-26(10-13-27)11-14-28-20(29)15-16-5-4-7-18(16)23-28/h2-3,6,8,15H,4-5,7,9-14H2,1H3. The maximum absolute atomic E-state index is 13.0. The average Bonchev–Trinajstić information content (AvgIpc) is 3.36. The number of aryl methyl sites for hydroxylation is 3. The summed E-state index contributed by atoms with van der Waals surface area (Å²) in [5.74, 6) is -0.0111. The van der Waals surface area contributed by atoms with E-state index in [1.165, 1.54) is 0 Å². The van der Waals surface area contributed by atoms with Gasteiger partial charge in [0.05, 0.1) is 17.8 Å². The summed E-state index contributed by atoms with van der Waals surface area (Å²) in [5.41, 5.74) is 3.67. The first-order chi connectivity index (χ1) is 14.6. The lowest BCUT2D eigenvalue weighted by Gasteiger charge is -2.34. The van der Waals surface area contributed by atoms with Crippen LogP contribution in [-0.2, 0) is 26.4 Å². The summed E-state index contributed by atoms with van der Waals surface area (Å²) in [6.45, 7) is 4.25. The first-order valence-electron chi connectivity index (χ1n) is 10.6. The second-order valence-electron chi connectivity index (χ2n) is 8.15. The zero-order valence-corrected chi connectivity index (χ0v) is 17.3. The van der Waals surface area contributed by atoms with Gasteiger partial charge in [-0.25, -0.2) is 4.68 Å². The third-order valence-corrected chi connectivity index (χ3v) is 6.27. The minimum Gasteiger partial charge on any atom is -0.335 e. The van der Waals surface area contributed by atoms with Crippen molar-refractivity contribution < 1.29 is 4.79 Å². The first kappa shape index (κ1) is 19.0. The molecular formula is C22H26N6O2. The fraction of sp³-hybridized carbons (Fsp3) is 0.455. The quantitative estimate of drug-likeness (QED) is 0.648. The third-order valence-electron chi connectivity index (χ3n) is 6.27. The maximum Gasteiger partial charge on any atom is 0.275 e. The van der Waals surface area contributed by atoms with Gasteiger partial charge in [0.1, 0.15) is 0 Å². The van der Waals surface area contributed by atoms with Crippen LogP contribution in [0.25, 0.3) is 10.9 Å². The molecule has 8 nitrogen and oxygen atoms in total. The molecule has 1 aromatic carbocycles. The highest BCUT2D eigenvalue weighted by atomic mass is 16.2. The Labute approximate surface area is 174 Å². The lowest BCUT2D eigenvalue weighted by Crippen LogP contribution is -2.49. The van der Waals surface area contributed by atoms with Crippen molar-refractivity contribution >= 4 is 16.8 Å². The molecule has 0 radical (unpaired) electrons. The molecule has 0 atom stereocenters. The van der Waals surface area contributed by atoms with E-state index in [-0.39, 0.29) is 11.5 Å². The molecule has 1 aliphatic carbocycles. The van der Waals surface area contributed by atoms with Crippen molar-refractivity contribution in [3.63, 3.8) is 0 Å². The highest BCUT2D eigenvalue weighted by molar-refractivity contribution is 6.04. The molecule has 0 saturated carbocycles. The van der Waals surface area contributed by atoms with E-state index in [9.17, 15) is 9.59 Å². The van der Waals surface area contributed by atoms with Gasteiger partial charge in [0.15, 0.2) is 5.69 Å². The van der Waals surface area contributed by atoms with E-state index in [0.29, 0.717) is 25.3 Å². The minimum absolute atomic E-state index is 0.00788. The van der Waals surface area contributed by atoms with Gasteiger partial charge in [0, 0.05) is 51.2 Å². The van der Waals surface area contributed by atoms with E-state index < -0.39 is 0 Å². The number of carbonyl (C=O) groups is 1. The van der Waals surface area contributed by atoms with Crippen molar-refractivity contribution in [3.8, 4) is 0 Å². The number of carbonyl (C=O) groups excluding carboxylic acids is 1. The van der Waals surface area contributed by atoms with Gasteiger partial charge < -0.3 is 4.90 Å².